The van der Waals surface area contributed by atoms with Crippen LogP contribution < -0.4 is 9.64 Å². The predicted octanol–water partition coefficient (Wildman–Crippen LogP) is 3.63. The van der Waals surface area contributed by atoms with Gasteiger partial charge in [-0.05, 0) is 31.2 Å². The zero-order chi connectivity index (χ0) is 13.0. The number of carbonyl (C=O) groups excluding carboxylic acids is 1. The van der Waals surface area contributed by atoms with Gasteiger partial charge in [0.1, 0.15) is 5.75 Å². The van der Waals surface area contributed by atoms with Gasteiger partial charge in [0.25, 0.3) is 0 Å². The van der Waals surface area contributed by atoms with Gasteiger partial charge < -0.3 is 4.74 Å². The molecule has 0 bridgehead atoms. The van der Waals surface area contributed by atoms with Crippen LogP contribution in [0.4, 0.5) is 10.5 Å². The first-order chi connectivity index (χ1) is 8.66. The van der Waals surface area contributed by atoms with E-state index in [1.165, 1.54) is 4.90 Å². The molecule has 0 saturated heterocycles. The monoisotopic (exact) mass is 241 g/mol. The van der Waals surface area contributed by atoms with Crippen LogP contribution in [0, 0.1) is 6.92 Å². The minimum Gasteiger partial charge on any atom is -0.410 e. The van der Waals surface area contributed by atoms with Crippen molar-refractivity contribution in [1.29, 1.82) is 0 Å². The molecule has 0 heterocycles. The van der Waals surface area contributed by atoms with Crippen LogP contribution in [0.5, 0.6) is 5.75 Å². The summed E-state index contributed by atoms with van der Waals surface area (Å²) in [5.74, 6) is 0.549. The van der Waals surface area contributed by atoms with Crippen molar-refractivity contribution >= 4 is 11.8 Å². The average molecular weight is 241 g/mol. The number of nitrogens with zero attached hydrogens (tertiary/aromatic N) is 1. The second kappa shape index (κ2) is 5.36. The summed E-state index contributed by atoms with van der Waals surface area (Å²) in [6.45, 7) is 1.99. The normalized spacial score (nSPS) is 9.89. The molecule has 0 aliphatic rings. The van der Waals surface area contributed by atoms with E-state index in [2.05, 4.69) is 0 Å². The van der Waals surface area contributed by atoms with E-state index >= 15 is 0 Å². The highest BCUT2D eigenvalue weighted by atomic mass is 16.6. The molecule has 0 aliphatic carbocycles. The van der Waals surface area contributed by atoms with Gasteiger partial charge in [0, 0.05) is 12.7 Å². The maximum absolute atomic E-state index is 11.9. The van der Waals surface area contributed by atoms with E-state index in [-0.39, 0.29) is 0 Å². The van der Waals surface area contributed by atoms with Gasteiger partial charge in [-0.3, -0.25) is 4.90 Å². The highest BCUT2D eigenvalue weighted by molar-refractivity contribution is 5.88. The van der Waals surface area contributed by atoms with Gasteiger partial charge in [0.2, 0.25) is 0 Å². The topological polar surface area (TPSA) is 29.5 Å². The average Bonchev–Trinajstić information content (AvgIpc) is 2.41. The standard InChI is InChI=1S/C15H15NO2/c1-12-8-10-14(11-9-12)18-15(17)16(2)13-6-4-3-5-7-13/h3-11H,1-2H3. The second-order valence-corrected chi connectivity index (χ2v) is 4.08. The molecule has 0 saturated carbocycles. The summed E-state index contributed by atoms with van der Waals surface area (Å²) < 4.78 is 5.27. The molecule has 0 radical (unpaired) electrons. The number of carbonyl (C=O) groups is 1. The number of para-hydroxylation sites is 1. The number of benzene rings is 2. The van der Waals surface area contributed by atoms with E-state index in [1.54, 1.807) is 19.2 Å². The predicted molar refractivity (Wildman–Crippen MR) is 72.0 cm³/mol. The molecule has 18 heavy (non-hydrogen) atoms. The van der Waals surface area contributed by atoms with Crippen molar-refractivity contribution in [3.8, 4) is 5.75 Å². The third-order valence-electron chi connectivity index (χ3n) is 2.64. The van der Waals surface area contributed by atoms with Crippen molar-refractivity contribution in [3.63, 3.8) is 0 Å². The number of rotatable bonds is 2. The van der Waals surface area contributed by atoms with E-state index in [0.717, 1.165) is 11.3 Å². The summed E-state index contributed by atoms with van der Waals surface area (Å²) in [5.41, 5.74) is 1.93. The van der Waals surface area contributed by atoms with E-state index in [9.17, 15) is 4.79 Å². The molecule has 92 valence electrons. The van der Waals surface area contributed by atoms with Gasteiger partial charge in [-0.1, -0.05) is 35.9 Å². The van der Waals surface area contributed by atoms with Gasteiger partial charge in [-0.25, -0.2) is 4.79 Å². The van der Waals surface area contributed by atoms with Crippen LogP contribution in [0.3, 0.4) is 0 Å². The molecular weight excluding hydrogens is 226 g/mol. The quantitative estimate of drug-likeness (QED) is 0.803. The lowest BCUT2D eigenvalue weighted by molar-refractivity contribution is 0.209. The van der Waals surface area contributed by atoms with Crippen LogP contribution in [0.1, 0.15) is 5.56 Å². The fourth-order valence-corrected chi connectivity index (χ4v) is 1.53. The molecule has 0 unspecified atom stereocenters. The number of aryl methyl sites for hydroxylation is 1. The molecule has 2 aromatic carbocycles. The molecule has 0 spiro atoms. The van der Waals surface area contributed by atoms with Gasteiger partial charge in [0.05, 0.1) is 0 Å². The van der Waals surface area contributed by atoms with E-state index in [0.29, 0.717) is 5.75 Å². The molecule has 3 nitrogen and oxygen atoms in total. The van der Waals surface area contributed by atoms with Crippen LogP contribution in [-0.4, -0.2) is 13.1 Å². The Morgan fingerprint density at radius 3 is 2.22 bits per heavy atom. The van der Waals surface area contributed by atoms with Crippen molar-refractivity contribution < 1.29 is 9.53 Å². The lowest BCUT2D eigenvalue weighted by atomic mass is 10.2. The van der Waals surface area contributed by atoms with E-state index < -0.39 is 6.09 Å². The third-order valence-corrected chi connectivity index (χ3v) is 2.64. The van der Waals surface area contributed by atoms with Crippen molar-refractivity contribution in [2.45, 2.75) is 6.92 Å². The first-order valence-corrected chi connectivity index (χ1v) is 5.74. The number of hydrogen-bond acceptors (Lipinski definition) is 2. The number of hydrogen-bond donors (Lipinski definition) is 0. The summed E-state index contributed by atoms with van der Waals surface area (Å²) in [5, 5.41) is 0. The Balaban J connectivity index is 2.06. The van der Waals surface area contributed by atoms with Crippen LogP contribution in [-0.2, 0) is 0 Å². The molecule has 0 fully saturated rings. The molecule has 3 heteroatoms. The number of amides is 1. The zero-order valence-corrected chi connectivity index (χ0v) is 10.5. The Bertz CT molecular complexity index is 520. The number of anilines is 1. The maximum Gasteiger partial charge on any atom is 0.419 e. The molecule has 2 rings (SSSR count). The highest BCUT2D eigenvalue weighted by Gasteiger charge is 2.12. The van der Waals surface area contributed by atoms with Crippen molar-refractivity contribution in [3.05, 3.63) is 60.2 Å². The van der Waals surface area contributed by atoms with Crippen molar-refractivity contribution in [2.24, 2.45) is 0 Å². The lowest BCUT2D eigenvalue weighted by Crippen LogP contribution is -2.29. The first kappa shape index (κ1) is 12.2. The Morgan fingerprint density at radius 2 is 1.61 bits per heavy atom. The van der Waals surface area contributed by atoms with Gasteiger partial charge in [-0.2, -0.15) is 0 Å². The lowest BCUT2D eigenvalue weighted by Gasteiger charge is -2.16. The minimum absolute atomic E-state index is 0.398. The van der Waals surface area contributed by atoms with Crippen LogP contribution in [0.2, 0.25) is 0 Å². The molecule has 2 aromatic rings. The van der Waals surface area contributed by atoms with Crippen molar-refractivity contribution in [1.82, 2.24) is 0 Å². The van der Waals surface area contributed by atoms with E-state index in [1.807, 2.05) is 49.4 Å². The van der Waals surface area contributed by atoms with E-state index in [4.69, 9.17) is 4.74 Å². The third kappa shape index (κ3) is 2.88. The van der Waals surface area contributed by atoms with Gasteiger partial charge in [0.15, 0.2) is 0 Å². The largest absolute Gasteiger partial charge is 0.419 e. The number of ether oxygens (including phenoxy) is 1. The smallest absolute Gasteiger partial charge is 0.410 e. The maximum atomic E-state index is 11.9. The Morgan fingerprint density at radius 1 is 1.00 bits per heavy atom. The second-order valence-electron chi connectivity index (χ2n) is 4.08. The fourth-order valence-electron chi connectivity index (χ4n) is 1.53. The van der Waals surface area contributed by atoms with Crippen LogP contribution in [0.15, 0.2) is 54.6 Å². The van der Waals surface area contributed by atoms with Gasteiger partial charge >= 0.3 is 6.09 Å². The molecule has 0 aliphatic heterocycles. The fraction of sp³-hybridized carbons (Fsp3) is 0.133. The molecule has 1 amide bonds. The SMILES string of the molecule is Cc1ccc(OC(=O)N(C)c2ccccc2)cc1. The van der Waals surface area contributed by atoms with Gasteiger partial charge in [-0.15, -0.1) is 0 Å². The summed E-state index contributed by atoms with van der Waals surface area (Å²) in [7, 11) is 1.69. The summed E-state index contributed by atoms with van der Waals surface area (Å²) >= 11 is 0. The van der Waals surface area contributed by atoms with Crippen LogP contribution >= 0.6 is 0 Å². The Kier molecular flexibility index (Phi) is 3.63. The Hall–Kier alpha value is -2.29. The highest BCUT2D eigenvalue weighted by Crippen LogP contribution is 2.16. The van der Waals surface area contributed by atoms with Crippen molar-refractivity contribution in [2.75, 3.05) is 11.9 Å². The minimum atomic E-state index is -0.398. The molecule has 0 atom stereocenters. The molecule has 0 N–H and O–H groups in total. The zero-order valence-electron chi connectivity index (χ0n) is 10.5. The Labute approximate surface area is 107 Å². The summed E-state index contributed by atoms with van der Waals surface area (Å²) in [6, 6.07) is 16.8. The molecular formula is C15H15NO2. The van der Waals surface area contributed by atoms with Crippen LogP contribution in [0.25, 0.3) is 0 Å². The summed E-state index contributed by atoms with van der Waals surface area (Å²) in [4.78, 5) is 13.4. The molecule has 0 aromatic heterocycles. The summed E-state index contributed by atoms with van der Waals surface area (Å²) in [6.07, 6.45) is -0.398. The first-order valence-electron chi connectivity index (χ1n) is 5.74.